The Morgan fingerprint density at radius 1 is 1.20 bits per heavy atom. The Labute approximate surface area is 150 Å². The topological polar surface area (TPSA) is 64.0 Å². The molecule has 1 atom stereocenters. The largest absolute Gasteiger partial charge is 0.349 e. The van der Waals surface area contributed by atoms with Gasteiger partial charge in [-0.2, -0.15) is 5.10 Å². The third-order valence-electron chi connectivity index (χ3n) is 3.94. The van der Waals surface area contributed by atoms with Gasteiger partial charge in [-0.1, -0.05) is 35.9 Å². The second kappa shape index (κ2) is 7.44. The number of nitrogens with zero attached hydrogens (tertiary/aromatic N) is 2. The van der Waals surface area contributed by atoms with E-state index in [-0.39, 0.29) is 11.5 Å². The van der Waals surface area contributed by atoms with Crippen molar-refractivity contribution in [2.75, 3.05) is 0 Å². The quantitative estimate of drug-likeness (QED) is 0.766. The van der Waals surface area contributed by atoms with Crippen LogP contribution in [0.4, 0.5) is 0 Å². The fourth-order valence-corrected chi connectivity index (χ4v) is 3.07. The summed E-state index contributed by atoms with van der Waals surface area (Å²) >= 11 is 1.58. The minimum absolute atomic E-state index is 0.232. The van der Waals surface area contributed by atoms with E-state index < -0.39 is 6.04 Å². The molecular weight excluding hydrogens is 334 g/mol. The highest BCUT2D eigenvalue weighted by atomic mass is 32.1. The molecule has 128 valence electrons. The average molecular weight is 353 g/mol. The van der Waals surface area contributed by atoms with Crippen LogP contribution in [-0.2, 0) is 11.3 Å². The van der Waals surface area contributed by atoms with Crippen LogP contribution in [0.15, 0.2) is 58.7 Å². The van der Waals surface area contributed by atoms with Crippen molar-refractivity contribution in [2.24, 2.45) is 0 Å². The van der Waals surface area contributed by atoms with Crippen molar-refractivity contribution in [2.45, 2.75) is 26.4 Å². The molecule has 5 nitrogen and oxygen atoms in total. The van der Waals surface area contributed by atoms with Gasteiger partial charge in [0.2, 0.25) is 5.91 Å². The number of carbonyl (C=O) groups is 1. The van der Waals surface area contributed by atoms with Crippen LogP contribution in [0.5, 0.6) is 0 Å². The summed E-state index contributed by atoms with van der Waals surface area (Å²) in [6, 6.07) is 14.2. The number of hydrogen-bond donors (Lipinski definition) is 1. The Morgan fingerprint density at radius 3 is 2.64 bits per heavy atom. The second-order valence-corrected chi connectivity index (χ2v) is 6.87. The lowest BCUT2D eigenvalue weighted by Gasteiger charge is -2.14. The van der Waals surface area contributed by atoms with E-state index in [1.165, 1.54) is 10.7 Å². The number of aryl methyl sites for hydroxylation is 1. The molecule has 0 spiro atoms. The van der Waals surface area contributed by atoms with Crippen LogP contribution in [0.1, 0.15) is 23.4 Å². The van der Waals surface area contributed by atoms with E-state index in [4.69, 9.17) is 0 Å². The molecule has 0 aliphatic rings. The molecule has 0 saturated carbocycles. The maximum atomic E-state index is 12.4. The third kappa shape index (κ3) is 4.03. The molecule has 1 aromatic carbocycles. The van der Waals surface area contributed by atoms with Gasteiger partial charge in [-0.15, -0.1) is 11.3 Å². The Balaban J connectivity index is 1.80. The molecule has 0 aliphatic carbocycles. The summed E-state index contributed by atoms with van der Waals surface area (Å²) in [5.41, 5.74) is 2.43. The van der Waals surface area contributed by atoms with Gasteiger partial charge >= 0.3 is 0 Å². The first-order valence-electron chi connectivity index (χ1n) is 8.01. The van der Waals surface area contributed by atoms with Crippen LogP contribution in [0.2, 0.25) is 0 Å². The highest BCUT2D eigenvalue weighted by molar-refractivity contribution is 7.09. The Morgan fingerprint density at radius 2 is 1.96 bits per heavy atom. The van der Waals surface area contributed by atoms with Gasteiger partial charge in [0.05, 0.1) is 12.2 Å². The summed E-state index contributed by atoms with van der Waals surface area (Å²) in [4.78, 5) is 25.6. The van der Waals surface area contributed by atoms with E-state index in [0.29, 0.717) is 12.2 Å². The first-order chi connectivity index (χ1) is 12.0. The predicted octanol–water partition coefficient (Wildman–Crippen LogP) is 3.16. The Bertz CT molecular complexity index is 915. The fraction of sp³-hybridized carbons (Fsp3) is 0.211. The van der Waals surface area contributed by atoms with Crippen molar-refractivity contribution >= 4 is 17.2 Å². The second-order valence-electron chi connectivity index (χ2n) is 5.84. The summed E-state index contributed by atoms with van der Waals surface area (Å²) in [5, 5.41) is 9.19. The van der Waals surface area contributed by atoms with Gasteiger partial charge in [-0.05, 0) is 31.4 Å². The van der Waals surface area contributed by atoms with Crippen molar-refractivity contribution in [1.29, 1.82) is 0 Å². The van der Waals surface area contributed by atoms with Gasteiger partial charge in [0.25, 0.3) is 5.56 Å². The van der Waals surface area contributed by atoms with E-state index >= 15 is 0 Å². The van der Waals surface area contributed by atoms with Crippen LogP contribution < -0.4 is 10.9 Å². The molecule has 0 saturated heterocycles. The normalized spacial score (nSPS) is 11.9. The van der Waals surface area contributed by atoms with Gasteiger partial charge in [0.15, 0.2) is 0 Å². The van der Waals surface area contributed by atoms with Gasteiger partial charge in [-0.25, -0.2) is 4.68 Å². The molecular formula is C19H19N3O2S. The van der Waals surface area contributed by atoms with Gasteiger partial charge in [0.1, 0.15) is 6.04 Å². The molecule has 25 heavy (non-hydrogen) atoms. The van der Waals surface area contributed by atoms with Crippen LogP contribution in [0.3, 0.4) is 0 Å². The van der Waals surface area contributed by atoms with Crippen LogP contribution in [0, 0.1) is 6.92 Å². The predicted molar refractivity (Wildman–Crippen MR) is 99.5 cm³/mol. The van der Waals surface area contributed by atoms with Crippen LogP contribution in [0.25, 0.3) is 11.3 Å². The monoisotopic (exact) mass is 353 g/mol. The molecule has 0 aliphatic heterocycles. The van der Waals surface area contributed by atoms with E-state index in [2.05, 4.69) is 10.4 Å². The van der Waals surface area contributed by atoms with Crippen molar-refractivity contribution < 1.29 is 4.79 Å². The van der Waals surface area contributed by atoms with E-state index in [9.17, 15) is 9.59 Å². The molecule has 0 radical (unpaired) electrons. The minimum atomic E-state index is -0.683. The van der Waals surface area contributed by atoms with Crippen molar-refractivity contribution in [3.05, 3.63) is 74.7 Å². The standard InChI is InChI=1S/C19H19N3O2S/c1-13-5-7-15(8-6-13)17-9-10-18(23)22(21-17)14(2)19(24)20-12-16-4-3-11-25-16/h3-11,14H,12H2,1-2H3,(H,20,24)/t14-/m1/s1. The maximum absolute atomic E-state index is 12.4. The molecule has 0 fully saturated rings. The Hall–Kier alpha value is -2.73. The number of rotatable bonds is 5. The zero-order valence-corrected chi connectivity index (χ0v) is 14.9. The van der Waals surface area contributed by atoms with Crippen LogP contribution in [-0.4, -0.2) is 15.7 Å². The molecule has 2 aromatic heterocycles. The molecule has 3 aromatic rings. The van der Waals surface area contributed by atoms with Gasteiger partial charge in [0, 0.05) is 16.5 Å². The molecule has 3 rings (SSSR count). The SMILES string of the molecule is Cc1ccc(-c2ccc(=O)n([C@H](C)C(=O)NCc3cccs3)n2)cc1. The van der Waals surface area contributed by atoms with E-state index in [0.717, 1.165) is 16.0 Å². The number of benzene rings is 1. The van der Waals surface area contributed by atoms with Crippen molar-refractivity contribution in [3.63, 3.8) is 0 Å². The minimum Gasteiger partial charge on any atom is -0.349 e. The number of amides is 1. The lowest BCUT2D eigenvalue weighted by atomic mass is 10.1. The summed E-state index contributed by atoms with van der Waals surface area (Å²) in [5.74, 6) is -0.232. The highest BCUT2D eigenvalue weighted by Crippen LogP contribution is 2.17. The summed E-state index contributed by atoms with van der Waals surface area (Å²) in [6.07, 6.45) is 0. The zero-order valence-electron chi connectivity index (χ0n) is 14.1. The fourth-order valence-electron chi connectivity index (χ4n) is 2.43. The Kier molecular flexibility index (Phi) is 5.09. The van der Waals surface area contributed by atoms with Crippen molar-refractivity contribution in [1.82, 2.24) is 15.1 Å². The number of nitrogens with one attached hydrogen (secondary N) is 1. The van der Waals surface area contributed by atoms with E-state index in [1.54, 1.807) is 24.3 Å². The van der Waals surface area contributed by atoms with Gasteiger partial charge < -0.3 is 5.32 Å². The van der Waals surface area contributed by atoms with E-state index in [1.807, 2.05) is 48.7 Å². The molecule has 0 unspecified atom stereocenters. The number of thiophene rings is 1. The molecule has 6 heteroatoms. The number of hydrogen-bond acceptors (Lipinski definition) is 4. The first-order valence-corrected chi connectivity index (χ1v) is 8.89. The lowest BCUT2D eigenvalue weighted by Crippen LogP contribution is -2.36. The zero-order chi connectivity index (χ0) is 17.8. The lowest BCUT2D eigenvalue weighted by molar-refractivity contribution is -0.124. The molecule has 1 N–H and O–H groups in total. The van der Waals surface area contributed by atoms with Crippen molar-refractivity contribution in [3.8, 4) is 11.3 Å². The number of carbonyl (C=O) groups excluding carboxylic acids is 1. The molecule has 2 heterocycles. The third-order valence-corrected chi connectivity index (χ3v) is 4.81. The summed E-state index contributed by atoms with van der Waals surface area (Å²) in [7, 11) is 0. The first kappa shape index (κ1) is 17.1. The highest BCUT2D eigenvalue weighted by Gasteiger charge is 2.18. The van der Waals surface area contributed by atoms with Gasteiger partial charge in [-0.3, -0.25) is 9.59 Å². The van der Waals surface area contributed by atoms with Crippen LogP contribution >= 0.6 is 11.3 Å². The maximum Gasteiger partial charge on any atom is 0.267 e. The summed E-state index contributed by atoms with van der Waals surface area (Å²) < 4.78 is 1.24. The number of aromatic nitrogens is 2. The molecule has 1 amide bonds. The summed E-state index contributed by atoms with van der Waals surface area (Å²) in [6.45, 7) is 4.14. The molecule has 0 bridgehead atoms. The average Bonchev–Trinajstić information content (AvgIpc) is 3.14. The smallest absolute Gasteiger partial charge is 0.267 e.